The summed E-state index contributed by atoms with van der Waals surface area (Å²) in [6, 6.07) is 5.24. The molecular formula is C11H15BrN2O3. The van der Waals surface area contributed by atoms with Crippen LogP contribution in [-0.4, -0.2) is 30.8 Å². The topological polar surface area (TPSA) is 84.6 Å². The fraction of sp³-hybridized carbons (Fsp3) is 0.364. The number of aromatic hydroxyl groups is 1. The maximum Gasteiger partial charge on any atom is 0.243 e. The highest BCUT2D eigenvalue weighted by molar-refractivity contribution is 9.10. The van der Waals surface area contributed by atoms with Crippen molar-refractivity contribution in [2.45, 2.75) is 6.54 Å². The second-order valence-corrected chi connectivity index (χ2v) is 4.38. The Morgan fingerprint density at radius 2 is 2.29 bits per heavy atom. The van der Waals surface area contributed by atoms with E-state index in [0.29, 0.717) is 19.7 Å². The van der Waals surface area contributed by atoms with E-state index in [1.54, 1.807) is 12.1 Å². The van der Waals surface area contributed by atoms with Gasteiger partial charge in [0, 0.05) is 23.1 Å². The fourth-order valence-corrected chi connectivity index (χ4v) is 1.64. The van der Waals surface area contributed by atoms with E-state index in [9.17, 15) is 9.90 Å². The van der Waals surface area contributed by atoms with Gasteiger partial charge in [-0.25, -0.2) is 0 Å². The maximum atomic E-state index is 10.4. The first-order valence-electron chi connectivity index (χ1n) is 5.13. The Morgan fingerprint density at radius 1 is 1.53 bits per heavy atom. The molecule has 0 atom stereocenters. The molecule has 1 amide bonds. The molecule has 0 aromatic heterocycles. The summed E-state index contributed by atoms with van der Waals surface area (Å²) in [5.74, 6) is -0.228. The first-order valence-corrected chi connectivity index (χ1v) is 5.93. The van der Waals surface area contributed by atoms with E-state index in [4.69, 9.17) is 10.5 Å². The van der Waals surface area contributed by atoms with Gasteiger partial charge >= 0.3 is 0 Å². The van der Waals surface area contributed by atoms with Gasteiger partial charge in [0.15, 0.2) is 0 Å². The molecular weight excluding hydrogens is 288 g/mol. The average molecular weight is 303 g/mol. The molecule has 5 nitrogen and oxygen atoms in total. The van der Waals surface area contributed by atoms with Gasteiger partial charge in [0.1, 0.15) is 12.4 Å². The first kappa shape index (κ1) is 14.0. The van der Waals surface area contributed by atoms with Crippen LogP contribution >= 0.6 is 15.9 Å². The molecule has 0 aliphatic heterocycles. The smallest absolute Gasteiger partial charge is 0.243 e. The van der Waals surface area contributed by atoms with Gasteiger partial charge < -0.3 is 20.9 Å². The molecule has 1 aromatic carbocycles. The zero-order valence-electron chi connectivity index (χ0n) is 9.28. The van der Waals surface area contributed by atoms with Gasteiger partial charge in [-0.05, 0) is 18.2 Å². The van der Waals surface area contributed by atoms with Crippen molar-refractivity contribution in [2.24, 2.45) is 5.73 Å². The number of ether oxygens (including phenoxy) is 1. The van der Waals surface area contributed by atoms with E-state index < -0.39 is 5.91 Å². The van der Waals surface area contributed by atoms with Crippen LogP contribution in [0.1, 0.15) is 5.56 Å². The Balaban J connectivity index is 2.22. The second kappa shape index (κ2) is 7.26. The summed E-state index contributed by atoms with van der Waals surface area (Å²) in [6.07, 6.45) is 0. The highest BCUT2D eigenvalue weighted by Crippen LogP contribution is 2.21. The molecule has 1 aromatic rings. The highest BCUT2D eigenvalue weighted by Gasteiger charge is 2.01. The van der Waals surface area contributed by atoms with Crippen molar-refractivity contribution < 1.29 is 14.6 Å². The van der Waals surface area contributed by atoms with Gasteiger partial charge in [0.2, 0.25) is 5.91 Å². The summed E-state index contributed by atoms with van der Waals surface area (Å²) in [6.45, 7) is 1.45. The van der Waals surface area contributed by atoms with E-state index in [0.717, 1.165) is 10.0 Å². The minimum atomic E-state index is -0.477. The van der Waals surface area contributed by atoms with E-state index in [1.807, 2.05) is 6.07 Å². The molecule has 0 heterocycles. The highest BCUT2D eigenvalue weighted by atomic mass is 79.9. The molecule has 0 fully saturated rings. The predicted octanol–water partition coefficient (Wildman–Crippen LogP) is 0.746. The van der Waals surface area contributed by atoms with Gasteiger partial charge in [0.25, 0.3) is 0 Å². The lowest BCUT2D eigenvalue weighted by Crippen LogP contribution is -2.23. The zero-order chi connectivity index (χ0) is 12.7. The average Bonchev–Trinajstić information content (AvgIpc) is 2.27. The number of phenols is 1. The van der Waals surface area contributed by atoms with E-state index in [-0.39, 0.29) is 12.4 Å². The first-order chi connectivity index (χ1) is 8.09. The molecule has 1 rings (SSSR count). The van der Waals surface area contributed by atoms with Crippen LogP contribution in [0.4, 0.5) is 0 Å². The minimum Gasteiger partial charge on any atom is -0.508 e. The third-order valence-corrected chi connectivity index (χ3v) is 2.52. The molecule has 0 spiro atoms. The third kappa shape index (κ3) is 5.67. The van der Waals surface area contributed by atoms with Crippen molar-refractivity contribution in [3.63, 3.8) is 0 Å². The summed E-state index contributed by atoms with van der Waals surface area (Å²) < 4.78 is 5.89. The molecule has 94 valence electrons. The van der Waals surface area contributed by atoms with Crippen LogP contribution in [0.3, 0.4) is 0 Å². The number of hydrogen-bond acceptors (Lipinski definition) is 4. The Morgan fingerprint density at radius 3 is 3.00 bits per heavy atom. The number of amides is 1. The number of benzene rings is 1. The molecule has 0 unspecified atom stereocenters. The van der Waals surface area contributed by atoms with Crippen LogP contribution in [0.5, 0.6) is 5.75 Å². The van der Waals surface area contributed by atoms with Gasteiger partial charge in [0.05, 0.1) is 6.61 Å². The third-order valence-electron chi connectivity index (χ3n) is 2.02. The van der Waals surface area contributed by atoms with Crippen LogP contribution < -0.4 is 11.1 Å². The molecule has 6 heteroatoms. The van der Waals surface area contributed by atoms with Crippen molar-refractivity contribution in [3.05, 3.63) is 28.2 Å². The SMILES string of the molecule is NC(=O)COCCNCc1cc(Br)ccc1O. The molecule has 0 aliphatic carbocycles. The standard InChI is InChI=1S/C11H15BrN2O3/c12-9-1-2-10(15)8(5-9)6-14-3-4-17-7-11(13)16/h1-2,5,14-15H,3-4,6-7H2,(H2,13,16). The summed E-state index contributed by atoms with van der Waals surface area (Å²) in [5.41, 5.74) is 5.71. The summed E-state index contributed by atoms with van der Waals surface area (Å²) >= 11 is 3.33. The number of hydrogen-bond donors (Lipinski definition) is 3. The van der Waals surface area contributed by atoms with Crippen molar-refractivity contribution in [1.82, 2.24) is 5.32 Å². The summed E-state index contributed by atoms with van der Waals surface area (Å²) in [7, 11) is 0. The summed E-state index contributed by atoms with van der Waals surface area (Å²) in [4.78, 5) is 10.4. The zero-order valence-corrected chi connectivity index (χ0v) is 10.9. The Bertz CT molecular complexity index is 385. The molecule has 0 radical (unpaired) electrons. The number of rotatable bonds is 7. The number of carbonyl (C=O) groups excluding carboxylic acids is 1. The van der Waals surface area contributed by atoms with Crippen LogP contribution in [0.15, 0.2) is 22.7 Å². The lowest BCUT2D eigenvalue weighted by atomic mass is 10.2. The minimum absolute atomic E-state index is 0.0657. The Labute approximate surface area is 108 Å². The maximum absolute atomic E-state index is 10.4. The summed E-state index contributed by atoms with van der Waals surface area (Å²) in [5, 5.41) is 12.6. The molecule has 0 saturated heterocycles. The van der Waals surface area contributed by atoms with Crippen molar-refractivity contribution >= 4 is 21.8 Å². The van der Waals surface area contributed by atoms with E-state index in [1.165, 1.54) is 0 Å². The number of carbonyl (C=O) groups is 1. The van der Waals surface area contributed by atoms with Crippen LogP contribution in [0, 0.1) is 0 Å². The number of nitrogens with one attached hydrogen (secondary N) is 1. The van der Waals surface area contributed by atoms with Crippen LogP contribution in [0.2, 0.25) is 0 Å². The molecule has 0 saturated carbocycles. The number of primary amides is 1. The Hall–Kier alpha value is -1.11. The lowest BCUT2D eigenvalue weighted by molar-refractivity contribution is -0.122. The molecule has 17 heavy (non-hydrogen) atoms. The fourth-order valence-electron chi connectivity index (χ4n) is 1.24. The quantitative estimate of drug-likeness (QED) is 0.649. The Kier molecular flexibility index (Phi) is 5.96. The number of nitrogens with two attached hydrogens (primary N) is 1. The van der Waals surface area contributed by atoms with Crippen molar-refractivity contribution in [1.29, 1.82) is 0 Å². The van der Waals surface area contributed by atoms with E-state index >= 15 is 0 Å². The molecule has 0 aliphatic rings. The van der Waals surface area contributed by atoms with Crippen LogP contribution in [-0.2, 0) is 16.1 Å². The number of phenolic OH excluding ortho intramolecular Hbond substituents is 1. The predicted molar refractivity (Wildman–Crippen MR) is 67.5 cm³/mol. The van der Waals surface area contributed by atoms with Gasteiger partial charge in [-0.1, -0.05) is 15.9 Å². The normalized spacial score (nSPS) is 10.4. The van der Waals surface area contributed by atoms with Crippen molar-refractivity contribution in [3.8, 4) is 5.75 Å². The molecule has 4 N–H and O–H groups in total. The second-order valence-electron chi connectivity index (χ2n) is 3.47. The number of halogens is 1. The lowest BCUT2D eigenvalue weighted by Gasteiger charge is -2.07. The van der Waals surface area contributed by atoms with Gasteiger partial charge in [-0.3, -0.25) is 4.79 Å². The van der Waals surface area contributed by atoms with Crippen LogP contribution in [0.25, 0.3) is 0 Å². The van der Waals surface area contributed by atoms with Gasteiger partial charge in [-0.15, -0.1) is 0 Å². The largest absolute Gasteiger partial charge is 0.508 e. The van der Waals surface area contributed by atoms with Gasteiger partial charge in [-0.2, -0.15) is 0 Å². The van der Waals surface area contributed by atoms with E-state index in [2.05, 4.69) is 21.2 Å². The van der Waals surface area contributed by atoms with Crippen molar-refractivity contribution in [2.75, 3.05) is 19.8 Å². The monoisotopic (exact) mass is 302 g/mol. The molecule has 0 bridgehead atoms.